The standard InChI is InChI=1S/C28H36N4O4S/c1-3-35-24-8-6-23(7-9-24)29-28(37)32(13-5-12-31-14-16-34-17-15-31)20-22-18-21-19-25(36-4-2)10-11-26(21)30-27(22)33/h6-11,18-19H,3-5,12-17,20H2,1-2H3,(H,29,37)(H,30,33). The summed E-state index contributed by atoms with van der Waals surface area (Å²) in [4.78, 5) is 20.4. The number of H-pyrrole nitrogens is 1. The number of nitrogens with one attached hydrogen (secondary N) is 2. The van der Waals surface area contributed by atoms with Crippen molar-refractivity contribution in [3.8, 4) is 11.5 Å². The van der Waals surface area contributed by atoms with E-state index in [9.17, 15) is 4.79 Å². The molecule has 2 heterocycles. The van der Waals surface area contributed by atoms with Crippen molar-refractivity contribution in [3.05, 3.63) is 64.4 Å². The fraction of sp³-hybridized carbons (Fsp3) is 0.429. The second kappa shape index (κ2) is 13.4. The number of fused-ring (bicyclic) bond motifs is 1. The van der Waals surface area contributed by atoms with Crippen molar-refractivity contribution in [3.63, 3.8) is 0 Å². The molecule has 0 bridgehead atoms. The molecule has 0 aliphatic carbocycles. The highest BCUT2D eigenvalue weighted by Gasteiger charge is 2.16. The Morgan fingerprint density at radius 3 is 2.49 bits per heavy atom. The zero-order chi connectivity index (χ0) is 26.0. The van der Waals surface area contributed by atoms with Gasteiger partial charge in [-0.3, -0.25) is 9.69 Å². The summed E-state index contributed by atoms with van der Waals surface area (Å²) in [5, 5.41) is 4.85. The Hall–Kier alpha value is -3.14. The van der Waals surface area contributed by atoms with E-state index in [2.05, 4.69) is 20.1 Å². The van der Waals surface area contributed by atoms with Gasteiger partial charge in [-0.2, -0.15) is 0 Å². The Morgan fingerprint density at radius 1 is 1.05 bits per heavy atom. The normalized spacial score (nSPS) is 13.9. The molecule has 0 atom stereocenters. The minimum absolute atomic E-state index is 0.112. The van der Waals surface area contributed by atoms with E-state index < -0.39 is 0 Å². The van der Waals surface area contributed by atoms with Crippen LogP contribution in [0.3, 0.4) is 0 Å². The van der Waals surface area contributed by atoms with Crippen molar-refractivity contribution in [1.29, 1.82) is 0 Å². The summed E-state index contributed by atoms with van der Waals surface area (Å²) in [5.74, 6) is 1.60. The van der Waals surface area contributed by atoms with Crippen LogP contribution in [0.5, 0.6) is 11.5 Å². The van der Waals surface area contributed by atoms with Gasteiger partial charge in [0.25, 0.3) is 5.56 Å². The Labute approximate surface area is 223 Å². The number of ether oxygens (including phenoxy) is 3. The van der Waals surface area contributed by atoms with Crippen molar-refractivity contribution in [2.75, 3.05) is 57.9 Å². The molecule has 1 saturated heterocycles. The zero-order valence-electron chi connectivity index (χ0n) is 21.6. The summed E-state index contributed by atoms with van der Waals surface area (Å²) in [6, 6.07) is 15.4. The van der Waals surface area contributed by atoms with Crippen molar-refractivity contribution in [1.82, 2.24) is 14.8 Å². The number of anilines is 1. The largest absolute Gasteiger partial charge is 0.494 e. The van der Waals surface area contributed by atoms with Gasteiger partial charge in [-0.05, 0) is 81.0 Å². The average molecular weight is 525 g/mol. The van der Waals surface area contributed by atoms with Gasteiger partial charge in [-0.25, -0.2) is 0 Å². The van der Waals surface area contributed by atoms with Gasteiger partial charge in [0, 0.05) is 48.3 Å². The quantitative estimate of drug-likeness (QED) is 0.361. The van der Waals surface area contributed by atoms with Gasteiger partial charge < -0.3 is 29.4 Å². The van der Waals surface area contributed by atoms with E-state index in [-0.39, 0.29) is 5.56 Å². The second-order valence-corrected chi connectivity index (χ2v) is 9.31. The number of benzene rings is 2. The van der Waals surface area contributed by atoms with Crippen molar-refractivity contribution in [2.24, 2.45) is 0 Å². The Kier molecular flexibility index (Phi) is 9.76. The number of rotatable bonds is 11. The van der Waals surface area contributed by atoms with Crippen LogP contribution in [0.15, 0.2) is 53.3 Å². The van der Waals surface area contributed by atoms with Gasteiger partial charge in [0.15, 0.2) is 5.11 Å². The van der Waals surface area contributed by atoms with Gasteiger partial charge in [0.05, 0.1) is 33.0 Å². The Morgan fingerprint density at radius 2 is 1.76 bits per heavy atom. The van der Waals surface area contributed by atoms with E-state index in [1.165, 1.54) is 0 Å². The maximum absolute atomic E-state index is 13.0. The van der Waals surface area contributed by atoms with Gasteiger partial charge in [-0.1, -0.05) is 0 Å². The van der Waals surface area contributed by atoms with E-state index in [1.54, 1.807) is 0 Å². The first-order valence-electron chi connectivity index (χ1n) is 12.9. The zero-order valence-corrected chi connectivity index (χ0v) is 22.4. The summed E-state index contributed by atoms with van der Waals surface area (Å²) in [6.45, 7) is 10.6. The first-order chi connectivity index (χ1) is 18.1. The maximum Gasteiger partial charge on any atom is 0.253 e. The molecular weight excluding hydrogens is 488 g/mol. The molecule has 4 rings (SSSR count). The van der Waals surface area contributed by atoms with E-state index in [4.69, 9.17) is 26.4 Å². The molecule has 8 nitrogen and oxygen atoms in total. The number of aromatic amines is 1. The summed E-state index contributed by atoms with van der Waals surface area (Å²) < 4.78 is 16.7. The van der Waals surface area contributed by atoms with Gasteiger partial charge >= 0.3 is 0 Å². The lowest BCUT2D eigenvalue weighted by molar-refractivity contribution is 0.0367. The Bertz CT molecular complexity index is 1230. The Balaban J connectivity index is 1.51. The highest BCUT2D eigenvalue weighted by Crippen LogP contribution is 2.21. The molecule has 2 N–H and O–H groups in total. The second-order valence-electron chi connectivity index (χ2n) is 8.92. The molecule has 9 heteroatoms. The molecule has 37 heavy (non-hydrogen) atoms. The minimum atomic E-state index is -0.112. The minimum Gasteiger partial charge on any atom is -0.494 e. The SMILES string of the molecule is CCOc1ccc(NC(=S)N(CCCN2CCOCC2)Cc2cc3cc(OCC)ccc3[nH]c2=O)cc1. The van der Waals surface area contributed by atoms with Crippen LogP contribution in [0.4, 0.5) is 5.69 Å². The molecule has 1 aromatic heterocycles. The molecule has 1 fully saturated rings. The molecule has 0 spiro atoms. The molecule has 0 radical (unpaired) electrons. The lowest BCUT2D eigenvalue weighted by Gasteiger charge is -2.29. The number of nitrogens with zero attached hydrogens (tertiary/aromatic N) is 2. The highest BCUT2D eigenvalue weighted by atomic mass is 32.1. The number of hydrogen-bond acceptors (Lipinski definition) is 6. The molecular formula is C28H36N4O4S. The van der Waals surface area contributed by atoms with Crippen LogP contribution in [0.25, 0.3) is 10.9 Å². The average Bonchev–Trinajstić information content (AvgIpc) is 2.90. The maximum atomic E-state index is 13.0. The lowest BCUT2D eigenvalue weighted by atomic mass is 10.1. The summed E-state index contributed by atoms with van der Waals surface area (Å²) in [7, 11) is 0. The van der Waals surface area contributed by atoms with Crippen molar-refractivity contribution in [2.45, 2.75) is 26.8 Å². The number of hydrogen-bond donors (Lipinski definition) is 2. The third kappa shape index (κ3) is 7.67. The molecule has 1 aliphatic rings. The number of aromatic nitrogens is 1. The van der Waals surface area contributed by atoms with Gasteiger partial charge in [0.2, 0.25) is 0 Å². The summed E-state index contributed by atoms with van der Waals surface area (Å²) >= 11 is 5.82. The van der Waals surface area contributed by atoms with Crippen LogP contribution in [0.1, 0.15) is 25.8 Å². The molecule has 198 valence electrons. The molecule has 1 aliphatic heterocycles. The van der Waals surface area contributed by atoms with Crippen LogP contribution < -0.4 is 20.3 Å². The number of morpholine rings is 1. The van der Waals surface area contributed by atoms with Crippen LogP contribution in [0.2, 0.25) is 0 Å². The highest BCUT2D eigenvalue weighted by molar-refractivity contribution is 7.80. The molecule has 3 aromatic rings. The van der Waals surface area contributed by atoms with E-state index in [1.807, 2.05) is 62.4 Å². The van der Waals surface area contributed by atoms with Gasteiger partial charge in [0.1, 0.15) is 11.5 Å². The molecule has 0 amide bonds. The number of thiocarbonyl (C=S) groups is 1. The fourth-order valence-electron chi connectivity index (χ4n) is 4.38. The third-order valence-corrected chi connectivity index (χ3v) is 6.63. The van der Waals surface area contributed by atoms with Crippen molar-refractivity contribution < 1.29 is 14.2 Å². The van der Waals surface area contributed by atoms with Crippen LogP contribution in [-0.2, 0) is 11.3 Å². The van der Waals surface area contributed by atoms with E-state index in [0.29, 0.717) is 30.4 Å². The lowest BCUT2D eigenvalue weighted by Crippen LogP contribution is -2.40. The van der Waals surface area contributed by atoms with Crippen molar-refractivity contribution >= 4 is 33.9 Å². The molecule has 0 unspecified atom stereocenters. The predicted molar refractivity (Wildman–Crippen MR) is 152 cm³/mol. The topological polar surface area (TPSA) is 79.1 Å². The monoisotopic (exact) mass is 524 g/mol. The summed E-state index contributed by atoms with van der Waals surface area (Å²) in [6.07, 6.45) is 0.922. The van der Waals surface area contributed by atoms with Crippen LogP contribution in [-0.4, -0.2) is 72.5 Å². The van der Waals surface area contributed by atoms with Crippen LogP contribution in [0, 0.1) is 0 Å². The molecule has 0 saturated carbocycles. The number of pyridine rings is 1. The van der Waals surface area contributed by atoms with Crippen LogP contribution >= 0.6 is 12.2 Å². The summed E-state index contributed by atoms with van der Waals surface area (Å²) in [5.41, 5.74) is 2.20. The van der Waals surface area contributed by atoms with E-state index in [0.717, 1.165) is 73.9 Å². The predicted octanol–water partition coefficient (Wildman–Crippen LogP) is 4.25. The first kappa shape index (κ1) is 26.9. The smallest absolute Gasteiger partial charge is 0.253 e. The van der Waals surface area contributed by atoms with E-state index >= 15 is 0 Å². The van der Waals surface area contributed by atoms with Gasteiger partial charge in [-0.15, -0.1) is 0 Å². The first-order valence-corrected chi connectivity index (χ1v) is 13.3. The third-order valence-electron chi connectivity index (χ3n) is 6.27. The fourth-order valence-corrected chi connectivity index (χ4v) is 4.65. The molecule has 2 aromatic carbocycles.